The molecular weight excluding hydrogens is 425 g/mol. The van der Waals surface area contributed by atoms with Gasteiger partial charge in [0.25, 0.3) is 0 Å². The standard InChI is InChI=1S/C19H29F3N2.C4H4O4/c1-18(2,3)10-13-24(16-8-11-23-12-9-16)14-15-6-4-5-7-17(15)19(20,21)22;5-3(6)1-2-4(7)8/h4-7,16,23H,8-14H2,1-3H3;1-2H,(H,5,6)(H,7,8)/b;2-1+. The molecular formula is C23H33F3N2O4. The van der Waals surface area contributed by atoms with E-state index in [1.165, 1.54) is 12.1 Å². The van der Waals surface area contributed by atoms with Gasteiger partial charge in [-0.05, 0) is 55.9 Å². The first kappa shape index (κ1) is 27.6. The molecule has 1 fully saturated rings. The third-order valence-electron chi connectivity index (χ3n) is 5.04. The fourth-order valence-corrected chi connectivity index (χ4v) is 3.34. The van der Waals surface area contributed by atoms with Crippen LogP contribution in [0.2, 0.25) is 0 Å². The van der Waals surface area contributed by atoms with Crippen LogP contribution in [0.15, 0.2) is 36.4 Å². The number of benzene rings is 1. The number of alkyl halides is 3. The van der Waals surface area contributed by atoms with Crippen molar-refractivity contribution in [1.29, 1.82) is 0 Å². The van der Waals surface area contributed by atoms with E-state index in [0.29, 0.717) is 30.3 Å². The van der Waals surface area contributed by atoms with Gasteiger partial charge in [-0.15, -0.1) is 0 Å². The van der Waals surface area contributed by atoms with Gasteiger partial charge in [0.05, 0.1) is 5.56 Å². The summed E-state index contributed by atoms with van der Waals surface area (Å²) in [6, 6.07) is 6.34. The van der Waals surface area contributed by atoms with Crippen molar-refractivity contribution in [3.05, 3.63) is 47.5 Å². The van der Waals surface area contributed by atoms with E-state index in [4.69, 9.17) is 10.2 Å². The summed E-state index contributed by atoms with van der Waals surface area (Å²) in [5.41, 5.74) is 0.0615. The van der Waals surface area contributed by atoms with Gasteiger partial charge in [0.2, 0.25) is 0 Å². The molecule has 0 atom stereocenters. The molecule has 9 heteroatoms. The van der Waals surface area contributed by atoms with E-state index in [9.17, 15) is 22.8 Å². The van der Waals surface area contributed by atoms with Crippen LogP contribution < -0.4 is 5.32 Å². The summed E-state index contributed by atoms with van der Waals surface area (Å²) in [6.07, 6.45) is -0.202. The predicted octanol–water partition coefficient (Wildman–Crippen LogP) is 4.41. The highest BCUT2D eigenvalue weighted by molar-refractivity contribution is 5.89. The molecule has 2 rings (SSSR count). The molecule has 1 aromatic rings. The maximum atomic E-state index is 13.3. The van der Waals surface area contributed by atoms with Gasteiger partial charge in [-0.25, -0.2) is 9.59 Å². The third kappa shape index (κ3) is 11.3. The number of rotatable bonds is 7. The Balaban J connectivity index is 0.000000547. The van der Waals surface area contributed by atoms with Crippen LogP contribution in [0, 0.1) is 5.41 Å². The van der Waals surface area contributed by atoms with Gasteiger partial charge in [0, 0.05) is 24.7 Å². The van der Waals surface area contributed by atoms with Crippen molar-refractivity contribution in [2.75, 3.05) is 19.6 Å². The number of hydrogen-bond acceptors (Lipinski definition) is 4. The molecule has 1 saturated heterocycles. The minimum Gasteiger partial charge on any atom is -0.478 e. The molecule has 180 valence electrons. The molecule has 32 heavy (non-hydrogen) atoms. The first-order valence-corrected chi connectivity index (χ1v) is 10.5. The Morgan fingerprint density at radius 2 is 1.59 bits per heavy atom. The zero-order valence-corrected chi connectivity index (χ0v) is 18.8. The zero-order valence-electron chi connectivity index (χ0n) is 18.8. The van der Waals surface area contributed by atoms with E-state index >= 15 is 0 Å². The Hall–Kier alpha value is -2.39. The first-order valence-electron chi connectivity index (χ1n) is 10.5. The van der Waals surface area contributed by atoms with Gasteiger partial charge in [0.15, 0.2) is 0 Å². The van der Waals surface area contributed by atoms with Crippen LogP contribution in [-0.4, -0.2) is 52.7 Å². The van der Waals surface area contributed by atoms with Crippen molar-refractivity contribution in [3.63, 3.8) is 0 Å². The lowest BCUT2D eigenvalue weighted by Crippen LogP contribution is -2.44. The number of carbonyl (C=O) groups is 2. The number of nitrogens with zero attached hydrogens (tertiary/aromatic N) is 1. The highest BCUT2D eigenvalue weighted by atomic mass is 19.4. The minimum atomic E-state index is -4.29. The number of hydrogen-bond donors (Lipinski definition) is 3. The van der Waals surface area contributed by atoms with Crippen molar-refractivity contribution in [1.82, 2.24) is 10.2 Å². The molecule has 0 unspecified atom stereocenters. The summed E-state index contributed by atoms with van der Waals surface area (Å²) in [4.78, 5) is 21.4. The smallest absolute Gasteiger partial charge is 0.416 e. The molecule has 0 bridgehead atoms. The van der Waals surface area contributed by atoms with Gasteiger partial charge in [-0.1, -0.05) is 39.0 Å². The zero-order chi connectivity index (χ0) is 24.4. The average Bonchev–Trinajstić information content (AvgIpc) is 2.69. The van der Waals surface area contributed by atoms with Crippen LogP contribution in [-0.2, 0) is 22.3 Å². The van der Waals surface area contributed by atoms with E-state index < -0.39 is 23.7 Å². The van der Waals surface area contributed by atoms with Crippen LogP contribution in [0.5, 0.6) is 0 Å². The normalized spacial score (nSPS) is 15.5. The quantitative estimate of drug-likeness (QED) is 0.525. The van der Waals surface area contributed by atoms with E-state index in [2.05, 4.69) is 31.0 Å². The van der Waals surface area contributed by atoms with Crippen molar-refractivity contribution < 1.29 is 33.0 Å². The van der Waals surface area contributed by atoms with Crippen LogP contribution in [0.3, 0.4) is 0 Å². The van der Waals surface area contributed by atoms with Gasteiger partial charge in [-0.3, -0.25) is 4.90 Å². The monoisotopic (exact) mass is 458 g/mol. The summed E-state index contributed by atoms with van der Waals surface area (Å²) in [7, 11) is 0. The van der Waals surface area contributed by atoms with Crippen LogP contribution in [0.25, 0.3) is 0 Å². The van der Waals surface area contributed by atoms with E-state index in [1.54, 1.807) is 12.1 Å². The average molecular weight is 459 g/mol. The number of carboxylic acids is 2. The Kier molecular flexibility index (Phi) is 10.9. The highest BCUT2D eigenvalue weighted by Crippen LogP contribution is 2.33. The number of nitrogens with one attached hydrogen (secondary N) is 1. The number of carboxylic acid groups (broad SMARTS) is 2. The maximum Gasteiger partial charge on any atom is 0.416 e. The summed E-state index contributed by atoms with van der Waals surface area (Å²) in [6.45, 7) is 9.62. The Morgan fingerprint density at radius 1 is 1.06 bits per heavy atom. The fourth-order valence-electron chi connectivity index (χ4n) is 3.34. The van der Waals surface area contributed by atoms with Gasteiger partial charge in [0.1, 0.15) is 0 Å². The Morgan fingerprint density at radius 3 is 2.06 bits per heavy atom. The fraction of sp³-hybridized carbons (Fsp3) is 0.565. The van der Waals surface area contributed by atoms with E-state index in [1.807, 2.05) is 0 Å². The summed E-state index contributed by atoms with van der Waals surface area (Å²) < 4.78 is 39.9. The molecule has 6 nitrogen and oxygen atoms in total. The first-order chi connectivity index (χ1) is 14.8. The predicted molar refractivity (Wildman–Crippen MR) is 116 cm³/mol. The van der Waals surface area contributed by atoms with Gasteiger partial charge < -0.3 is 15.5 Å². The van der Waals surface area contributed by atoms with Gasteiger partial charge in [-0.2, -0.15) is 13.2 Å². The Labute approximate surface area is 187 Å². The number of piperidine rings is 1. The second-order valence-corrected chi connectivity index (χ2v) is 8.93. The van der Waals surface area contributed by atoms with Crippen LogP contribution in [0.4, 0.5) is 13.2 Å². The third-order valence-corrected chi connectivity index (χ3v) is 5.04. The minimum absolute atomic E-state index is 0.175. The number of aliphatic carboxylic acids is 2. The molecule has 1 heterocycles. The molecule has 1 aliphatic heterocycles. The Bertz CT molecular complexity index is 751. The molecule has 0 saturated carbocycles. The molecule has 1 aromatic carbocycles. The van der Waals surface area contributed by atoms with E-state index in [-0.39, 0.29) is 5.41 Å². The van der Waals surface area contributed by atoms with Crippen molar-refractivity contribution in [3.8, 4) is 0 Å². The van der Waals surface area contributed by atoms with Crippen LogP contribution >= 0.6 is 0 Å². The second kappa shape index (κ2) is 12.6. The van der Waals surface area contributed by atoms with Crippen LogP contribution in [0.1, 0.15) is 51.2 Å². The van der Waals surface area contributed by atoms with Gasteiger partial charge >= 0.3 is 18.1 Å². The summed E-state index contributed by atoms with van der Waals surface area (Å²) in [5, 5.41) is 19.0. The summed E-state index contributed by atoms with van der Waals surface area (Å²) >= 11 is 0. The lowest BCUT2D eigenvalue weighted by Gasteiger charge is -2.36. The van der Waals surface area contributed by atoms with Crippen molar-refractivity contribution >= 4 is 11.9 Å². The lowest BCUT2D eigenvalue weighted by atomic mass is 9.91. The molecule has 0 amide bonds. The molecule has 1 aliphatic rings. The second-order valence-electron chi connectivity index (χ2n) is 8.93. The molecule has 0 aromatic heterocycles. The number of halogens is 3. The maximum absolute atomic E-state index is 13.3. The molecule has 0 aliphatic carbocycles. The largest absolute Gasteiger partial charge is 0.478 e. The lowest BCUT2D eigenvalue weighted by molar-refractivity contribution is -0.138. The van der Waals surface area contributed by atoms with Crippen molar-refractivity contribution in [2.24, 2.45) is 5.41 Å². The summed E-state index contributed by atoms with van der Waals surface area (Å²) in [5.74, 6) is -2.51. The molecule has 3 N–H and O–H groups in total. The van der Waals surface area contributed by atoms with Crippen molar-refractivity contribution in [2.45, 2.75) is 58.8 Å². The molecule has 0 spiro atoms. The SMILES string of the molecule is CC(C)(C)CCN(Cc1ccccc1C(F)(F)F)C1CCNCC1.O=C(O)/C=C/C(=O)O. The van der Waals surface area contributed by atoms with E-state index in [0.717, 1.165) is 38.9 Å². The highest BCUT2D eigenvalue weighted by Gasteiger charge is 2.34. The molecule has 0 radical (unpaired) electrons. The topological polar surface area (TPSA) is 89.9 Å².